The predicted molar refractivity (Wildman–Crippen MR) is 96.4 cm³/mol. The molecule has 2 unspecified atom stereocenters. The van der Waals surface area contributed by atoms with Gasteiger partial charge in [0.15, 0.2) is 5.16 Å². The zero-order valence-electron chi connectivity index (χ0n) is 14.2. The average molecular weight is 346 g/mol. The van der Waals surface area contributed by atoms with Crippen LogP contribution in [0.5, 0.6) is 0 Å². The van der Waals surface area contributed by atoms with Crippen molar-refractivity contribution in [1.29, 1.82) is 0 Å². The van der Waals surface area contributed by atoms with Crippen LogP contribution in [0.15, 0.2) is 29.4 Å². The zero-order chi connectivity index (χ0) is 17.1. The van der Waals surface area contributed by atoms with Crippen LogP contribution in [0, 0.1) is 0 Å². The second-order valence-corrected chi connectivity index (χ2v) is 6.91. The summed E-state index contributed by atoms with van der Waals surface area (Å²) in [6.45, 7) is 5.28. The highest BCUT2D eigenvalue weighted by atomic mass is 32.2. The normalized spacial score (nSPS) is 21.0. The highest BCUT2D eigenvalue weighted by Crippen LogP contribution is 2.24. The lowest BCUT2D eigenvalue weighted by molar-refractivity contribution is -0.140. The topological polar surface area (TPSA) is 67.4 Å². The van der Waals surface area contributed by atoms with Gasteiger partial charge in [0.25, 0.3) is 0 Å². The number of anilines is 1. The summed E-state index contributed by atoms with van der Waals surface area (Å²) in [6, 6.07) is 7.85. The molecule has 1 fully saturated rings. The summed E-state index contributed by atoms with van der Waals surface area (Å²) in [5.74, 6) is 1.22. The van der Waals surface area contributed by atoms with Crippen LogP contribution in [-0.2, 0) is 9.53 Å². The average Bonchev–Trinajstić information content (AvgIpc) is 2.58. The Labute approximate surface area is 146 Å². The van der Waals surface area contributed by atoms with E-state index in [-0.39, 0.29) is 18.1 Å². The number of hydrogen-bond acceptors (Lipinski definition) is 6. The van der Waals surface area contributed by atoms with E-state index in [4.69, 9.17) is 4.74 Å². The Kier molecular flexibility index (Phi) is 5.20. The third kappa shape index (κ3) is 3.79. The summed E-state index contributed by atoms with van der Waals surface area (Å²) in [6.07, 6.45) is 0.158. The Balaban J connectivity index is 1.70. The Morgan fingerprint density at radius 2 is 2.00 bits per heavy atom. The molecule has 1 saturated heterocycles. The van der Waals surface area contributed by atoms with Crippen molar-refractivity contribution >= 4 is 34.4 Å². The van der Waals surface area contributed by atoms with E-state index >= 15 is 0 Å². The lowest BCUT2D eigenvalue weighted by Gasteiger charge is -2.35. The number of rotatable bonds is 4. The Bertz CT molecular complexity index is 730. The number of ether oxygens (including phenoxy) is 1. The van der Waals surface area contributed by atoms with Gasteiger partial charge in [-0.25, -0.2) is 9.97 Å². The summed E-state index contributed by atoms with van der Waals surface area (Å²) >= 11 is 1.37. The van der Waals surface area contributed by atoms with Gasteiger partial charge in [0.1, 0.15) is 5.82 Å². The fourth-order valence-corrected chi connectivity index (χ4v) is 3.66. The van der Waals surface area contributed by atoms with E-state index in [0.29, 0.717) is 24.0 Å². The number of benzene rings is 1. The molecule has 128 valence electrons. The third-order valence-corrected chi connectivity index (χ3v) is 4.75. The Hall–Kier alpha value is -1.86. The van der Waals surface area contributed by atoms with Gasteiger partial charge in [-0.15, -0.1) is 0 Å². The fraction of sp³-hybridized carbons (Fsp3) is 0.471. The lowest BCUT2D eigenvalue weighted by atomic mass is 10.2. The molecule has 0 bridgehead atoms. The highest BCUT2D eigenvalue weighted by molar-refractivity contribution is 7.99. The fourth-order valence-electron chi connectivity index (χ4n) is 2.91. The maximum atomic E-state index is 12.5. The van der Waals surface area contributed by atoms with Crippen LogP contribution in [0.25, 0.3) is 10.9 Å². The van der Waals surface area contributed by atoms with Crippen molar-refractivity contribution in [1.82, 2.24) is 14.9 Å². The van der Waals surface area contributed by atoms with Crippen molar-refractivity contribution in [3.05, 3.63) is 24.3 Å². The molecule has 1 amide bonds. The molecule has 1 aromatic carbocycles. The van der Waals surface area contributed by atoms with Crippen LogP contribution in [-0.4, -0.2) is 58.9 Å². The zero-order valence-corrected chi connectivity index (χ0v) is 15.0. The maximum Gasteiger partial charge on any atom is 0.233 e. The molecular formula is C17H22N4O2S. The van der Waals surface area contributed by atoms with Crippen LogP contribution < -0.4 is 5.32 Å². The van der Waals surface area contributed by atoms with Crippen molar-refractivity contribution in [2.45, 2.75) is 31.2 Å². The minimum absolute atomic E-state index is 0.0792. The minimum atomic E-state index is 0.0792. The number of amides is 1. The Morgan fingerprint density at radius 3 is 2.71 bits per heavy atom. The molecule has 1 N–H and O–H groups in total. The molecule has 2 aromatic rings. The monoisotopic (exact) mass is 346 g/mol. The van der Waals surface area contributed by atoms with Crippen molar-refractivity contribution < 1.29 is 9.53 Å². The molecule has 24 heavy (non-hydrogen) atoms. The van der Waals surface area contributed by atoms with E-state index in [1.807, 2.05) is 50.1 Å². The number of nitrogens with zero attached hydrogens (tertiary/aromatic N) is 3. The van der Waals surface area contributed by atoms with Gasteiger partial charge >= 0.3 is 0 Å². The summed E-state index contributed by atoms with van der Waals surface area (Å²) in [5, 5.41) is 4.69. The molecule has 1 aromatic heterocycles. The van der Waals surface area contributed by atoms with Crippen molar-refractivity contribution in [2.75, 3.05) is 31.2 Å². The van der Waals surface area contributed by atoms with E-state index in [0.717, 1.165) is 16.7 Å². The van der Waals surface area contributed by atoms with E-state index in [1.54, 1.807) is 0 Å². The largest absolute Gasteiger partial charge is 0.372 e. The first-order valence-corrected chi connectivity index (χ1v) is 9.06. The minimum Gasteiger partial charge on any atom is -0.372 e. The SMILES string of the molecule is CNc1nc(SCC(=O)N2CC(C)OC(C)C2)nc2ccccc12. The van der Waals surface area contributed by atoms with Gasteiger partial charge in [-0.2, -0.15) is 0 Å². The van der Waals surface area contributed by atoms with Gasteiger partial charge in [-0.3, -0.25) is 4.79 Å². The van der Waals surface area contributed by atoms with Gasteiger partial charge in [0, 0.05) is 25.5 Å². The summed E-state index contributed by atoms with van der Waals surface area (Å²) < 4.78 is 5.67. The van der Waals surface area contributed by atoms with E-state index in [1.165, 1.54) is 11.8 Å². The molecule has 0 aliphatic carbocycles. The Morgan fingerprint density at radius 1 is 1.29 bits per heavy atom. The third-order valence-electron chi connectivity index (χ3n) is 3.92. The molecule has 7 heteroatoms. The molecule has 0 radical (unpaired) electrons. The number of fused-ring (bicyclic) bond motifs is 1. The quantitative estimate of drug-likeness (QED) is 0.677. The van der Waals surface area contributed by atoms with Gasteiger partial charge in [-0.05, 0) is 26.0 Å². The number of hydrogen-bond donors (Lipinski definition) is 1. The number of carbonyl (C=O) groups is 1. The van der Waals surface area contributed by atoms with Gasteiger partial charge in [0.2, 0.25) is 5.91 Å². The van der Waals surface area contributed by atoms with Crippen LogP contribution in [0.4, 0.5) is 5.82 Å². The molecular weight excluding hydrogens is 324 g/mol. The van der Waals surface area contributed by atoms with Crippen molar-refractivity contribution in [2.24, 2.45) is 0 Å². The first-order chi connectivity index (χ1) is 11.6. The van der Waals surface area contributed by atoms with Crippen LogP contribution >= 0.6 is 11.8 Å². The first-order valence-electron chi connectivity index (χ1n) is 8.07. The van der Waals surface area contributed by atoms with Crippen molar-refractivity contribution in [3.63, 3.8) is 0 Å². The number of aromatic nitrogens is 2. The second kappa shape index (κ2) is 7.36. The predicted octanol–water partition coefficient (Wildman–Crippen LogP) is 2.40. The maximum absolute atomic E-state index is 12.5. The lowest BCUT2D eigenvalue weighted by Crippen LogP contribution is -2.48. The molecule has 2 atom stereocenters. The smallest absolute Gasteiger partial charge is 0.233 e. The first kappa shape index (κ1) is 17.0. The van der Waals surface area contributed by atoms with Crippen LogP contribution in [0.1, 0.15) is 13.8 Å². The van der Waals surface area contributed by atoms with Crippen LogP contribution in [0.2, 0.25) is 0 Å². The number of thioether (sulfide) groups is 1. The molecule has 1 aliphatic heterocycles. The van der Waals surface area contributed by atoms with Gasteiger partial charge in [0.05, 0.1) is 23.5 Å². The number of carbonyl (C=O) groups excluding carboxylic acids is 1. The van der Waals surface area contributed by atoms with Gasteiger partial charge < -0.3 is 15.0 Å². The molecule has 0 spiro atoms. The number of morpholine rings is 1. The molecule has 6 nitrogen and oxygen atoms in total. The van der Waals surface area contributed by atoms with E-state index in [9.17, 15) is 4.79 Å². The molecule has 0 saturated carbocycles. The van der Waals surface area contributed by atoms with Crippen molar-refractivity contribution in [3.8, 4) is 0 Å². The standard InChI is InChI=1S/C17H22N4O2S/c1-11-8-21(9-12(2)23-11)15(22)10-24-17-19-14-7-5-4-6-13(14)16(18-3)20-17/h4-7,11-12H,8-10H2,1-3H3,(H,18,19,20). The molecule has 3 rings (SSSR count). The molecule has 2 heterocycles. The summed E-state index contributed by atoms with van der Waals surface area (Å²) in [5.41, 5.74) is 0.875. The second-order valence-electron chi connectivity index (χ2n) is 5.97. The number of nitrogens with one attached hydrogen (secondary N) is 1. The summed E-state index contributed by atoms with van der Waals surface area (Å²) in [4.78, 5) is 23.4. The van der Waals surface area contributed by atoms with E-state index < -0.39 is 0 Å². The van der Waals surface area contributed by atoms with E-state index in [2.05, 4.69) is 15.3 Å². The highest BCUT2D eigenvalue weighted by Gasteiger charge is 2.25. The molecule has 1 aliphatic rings. The van der Waals surface area contributed by atoms with Crippen LogP contribution in [0.3, 0.4) is 0 Å². The summed E-state index contributed by atoms with van der Waals surface area (Å²) in [7, 11) is 1.84. The van der Waals surface area contributed by atoms with Gasteiger partial charge in [-0.1, -0.05) is 23.9 Å². The number of para-hydroxylation sites is 1.